The van der Waals surface area contributed by atoms with Crippen molar-refractivity contribution in [3.05, 3.63) is 46.9 Å². The summed E-state index contributed by atoms with van der Waals surface area (Å²) < 4.78 is 4.89. The van der Waals surface area contributed by atoms with Crippen LogP contribution in [0.1, 0.15) is 27.6 Å². The number of halogens is 1. The molecule has 0 aliphatic heterocycles. The van der Waals surface area contributed by atoms with Gasteiger partial charge in [-0.15, -0.1) is 0 Å². The van der Waals surface area contributed by atoms with Gasteiger partial charge in [-0.25, -0.2) is 9.78 Å². The summed E-state index contributed by atoms with van der Waals surface area (Å²) in [6.07, 6.45) is 1.24. The molecule has 1 aromatic heterocycles. The van der Waals surface area contributed by atoms with Gasteiger partial charge in [0.1, 0.15) is 11.4 Å². The summed E-state index contributed by atoms with van der Waals surface area (Å²) >= 11 is 5.71. The molecule has 7 nitrogen and oxygen atoms in total. The van der Waals surface area contributed by atoms with Gasteiger partial charge < -0.3 is 15.8 Å². The summed E-state index contributed by atoms with van der Waals surface area (Å²) in [7, 11) is 0. The molecule has 0 spiro atoms. The lowest BCUT2D eigenvalue weighted by Gasteiger charge is -2.09. The first-order chi connectivity index (χ1) is 10.5. The largest absolute Gasteiger partial charge is 0.462 e. The van der Waals surface area contributed by atoms with Gasteiger partial charge in [0.2, 0.25) is 5.28 Å². The van der Waals surface area contributed by atoms with Gasteiger partial charge >= 0.3 is 5.97 Å². The second-order valence-electron chi connectivity index (χ2n) is 4.19. The van der Waals surface area contributed by atoms with E-state index in [4.69, 9.17) is 22.1 Å². The predicted octanol–water partition coefficient (Wildman–Crippen LogP) is 2.15. The van der Waals surface area contributed by atoms with Crippen LogP contribution in [0.25, 0.3) is 0 Å². The van der Waals surface area contributed by atoms with Gasteiger partial charge in [-0.2, -0.15) is 4.98 Å². The van der Waals surface area contributed by atoms with E-state index >= 15 is 0 Å². The fraction of sp³-hybridized carbons (Fsp3) is 0.143. The number of nitrogens with zero attached hydrogens (tertiary/aromatic N) is 2. The zero-order valence-electron chi connectivity index (χ0n) is 11.7. The van der Waals surface area contributed by atoms with Gasteiger partial charge in [0.15, 0.2) is 0 Å². The number of amides is 1. The molecule has 0 fully saturated rings. The number of carbonyl (C=O) groups is 2. The summed E-state index contributed by atoms with van der Waals surface area (Å²) in [5, 5.41) is 2.89. The van der Waals surface area contributed by atoms with Crippen molar-refractivity contribution in [2.24, 2.45) is 5.73 Å². The van der Waals surface area contributed by atoms with Crippen LogP contribution in [0, 0.1) is 0 Å². The van der Waals surface area contributed by atoms with Crippen molar-refractivity contribution in [3.8, 4) is 0 Å². The lowest BCUT2D eigenvalue weighted by atomic mass is 10.2. The Balaban J connectivity index is 2.23. The van der Waals surface area contributed by atoms with Gasteiger partial charge in [-0.05, 0) is 42.8 Å². The second kappa shape index (κ2) is 6.86. The minimum atomic E-state index is -0.678. The van der Waals surface area contributed by atoms with Crippen LogP contribution in [0.4, 0.5) is 11.5 Å². The smallest absolute Gasteiger partial charge is 0.338 e. The fourth-order valence-corrected chi connectivity index (χ4v) is 1.81. The standard InChI is InChI=1S/C14H13ClN4O3/c1-2-22-13(21)8-3-5-9(6-4-8)18-12-10(11(16)20)7-17-14(15)19-12/h3-7H,2H2,1H3,(H2,16,20)(H,17,18,19). The first-order valence-corrected chi connectivity index (χ1v) is 6.75. The molecular formula is C14H13ClN4O3. The zero-order valence-corrected chi connectivity index (χ0v) is 12.4. The molecule has 0 bridgehead atoms. The molecule has 2 aromatic rings. The van der Waals surface area contributed by atoms with Gasteiger partial charge in [-0.1, -0.05) is 0 Å². The van der Waals surface area contributed by atoms with E-state index in [2.05, 4.69) is 15.3 Å². The molecule has 8 heteroatoms. The lowest BCUT2D eigenvalue weighted by molar-refractivity contribution is 0.0526. The van der Waals surface area contributed by atoms with Crippen molar-refractivity contribution < 1.29 is 14.3 Å². The second-order valence-corrected chi connectivity index (χ2v) is 4.53. The molecule has 3 N–H and O–H groups in total. The summed E-state index contributed by atoms with van der Waals surface area (Å²) in [5.74, 6) is -0.893. The van der Waals surface area contributed by atoms with Crippen molar-refractivity contribution in [2.45, 2.75) is 6.92 Å². The number of rotatable bonds is 5. The van der Waals surface area contributed by atoms with Crippen LogP contribution in [0.5, 0.6) is 0 Å². The molecule has 2 rings (SSSR count). The number of benzene rings is 1. The number of aromatic nitrogens is 2. The van der Waals surface area contributed by atoms with E-state index in [1.54, 1.807) is 31.2 Å². The predicted molar refractivity (Wildman–Crippen MR) is 81.2 cm³/mol. The average Bonchev–Trinajstić information content (AvgIpc) is 2.48. The van der Waals surface area contributed by atoms with Crippen molar-refractivity contribution in [2.75, 3.05) is 11.9 Å². The Kier molecular flexibility index (Phi) is 4.90. The highest BCUT2D eigenvalue weighted by Gasteiger charge is 2.12. The first kappa shape index (κ1) is 15.7. The van der Waals surface area contributed by atoms with Crippen molar-refractivity contribution >= 4 is 35.0 Å². The summed E-state index contributed by atoms with van der Waals surface area (Å²) in [6, 6.07) is 6.47. The van der Waals surface area contributed by atoms with E-state index in [-0.39, 0.29) is 16.7 Å². The van der Waals surface area contributed by atoms with Crippen LogP contribution in [0.2, 0.25) is 5.28 Å². The van der Waals surface area contributed by atoms with Gasteiger partial charge in [0.05, 0.1) is 12.2 Å². The van der Waals surface area contributed by atoms with Crippen molar-refractivity contribution in [3.63, 3.8) is 0 Å². The highest BCUT2D eigenvalue weighted by molar-refractivity contribution is 6.28. The number of carbonyl (C=O) groups excluding carboxylic acids is 2. The third kappa shape index (κ3) is 3.70. The quantitative estimate of drug-likeness (QED) is 0.645. The van der Waals surface area contributed by atoms with Crippen LogP contribution >= 0.6 is 11.6 Å². The van der Waals surface area contributed by atoms with E-state index in [1.165, 1.54) is 6.20 Å². The molecule has 0 saturated carbocycles. The minimum Gasteiger partial charge on any atom is -0.462 e. The molecular weight excluding hydrogens is 308 g/mol. The molecule has 114 valence electrons. The Hall–Kier alpha value is -2.67. The van der Waals surface area contributed by atoms with E-state index < -0.39 is 11.9 Å². The molecule has 1 aromatic carbocycles. The average molecular weight is 321 g/mol. The number of nitrogens with one attached hydrogen (secondary N) is 1. The Bertz CT molecular complexity index is 704. The van der Waals surface area contributed by atoms with Crippen molar-refractivity contribution in [1.29, 1.82) is 0 Å². The molecule has 0 saturated heterocycles. The van der Waals surface area contributed by atoms with Gasteiger partial charge in [0.25, 0.3) is 5.91 Å². The zero-order chi connectivity index (χ0) is 16.1. The topological polar surface area (TPSA) is 107 Å². The Morgan fingerprint density at radius 3 is 2.59 bits per heavy atom. The maximum absolute atomic E-state index is 11.6. The normalized spacial score (nSPS) is 10.1. The van der Waals surface area contributed by atoms with Gasteiger partial charge in [-0.3, -0.25) is 4.79 Å². The number of nitrogens with two attached hydrogens (primary N) is 1. The van der Waals surface area contributed by atoms with Crippen LogP contribution in [-0.2, 0) is 4.74 Å². The van der Waals surface area contributed by atoms with Gasteiger partial charge in [0, 0.05) is 11.9 Å². The van der Waals surface area contributed by atoms with E-state index in [9.17, 15) is 9.59 Å². The van der Waals surface area contributed by atoms with E-state index in [0.29, 0.717) is 17.9 Å². The number of esters is 1. The SMILES string of the molecule is CCOC(=O)c1ccc(Nc2nc(Cl)ncc2C(N)=O)cc1. The highest BCUT2D eigenvalue weighted by atomic mass is 35.5. The van der Waals surface area contributed by atoms with E-state index in [0.717, 1.165) is 0 Å². The van der Waals surface area contributed by atoms with Crippen molar-refractivity contribution in [1.82, 2.24) is 9.97 Å². The molecule has 0 unspecified atom stereocenters. The minimum absolute atomic E-state index is 0.0179. The number of hydrogen-bond donors (Lipinski definition) is 2. The van der Waals surface area contributed by atoms with Crippen LogP contribution in [-0.4, -0.2) is 28.5 Å². The van der Waals surface area contributed by atoms with Crippen LogP contribution in [0.15, 0.2) is 30.5 Å². The lowest BCUT2D eigenvalue weighted by Crippen LogP contribution is -2.15. The van der Waals surface area contributed by atoms with Crippen LogP contribution < -0.4 is 11.1 Å². The molecule has 0 aliphatic carbocycles. The Labute approximate surface area is 131 Å². The molecule has 0 aliphatic rings. The molecule has 22 heavy (non-hydrogen) atoms. The monoisotopic (exact) mass is 320 g/mol. The van der Waals surface area contributed by atoms with E-state index in [1.807, 2.05) is 0 Å². The Morgan fingerprint density at radius 2 is 2.00 bits per heavy atom. The number of anilines is 2. The first-order valence-electron chi connectivity index (χ1n) is 6.37. The highest BCUT2D eigenvalue weighted by Crippen LogP contribution is 2.20. The molecule has 1 amide bonds. The fourth-order valence-electron chi connectivity index (χ4n) is 1.68. The van der Waals surface area contributed by atoms with Crippen LogP contribution in [0.3, 0.4) is 0 Å². The Morgan fingerprint density at radius 1 is 1.32 bits per heavy atom. The third-order valence-electron chi connectivity index (χ3n) is 2.68. The summed E-state index contributed by atoms with van der Waals surface area (Å²) in [5.41, 5.74) is 6.38. The number of primary amides is 1. The maximum Gasteiger partial charge on any atom is 0.338 e. The number of hydrogen-bond acceptors (Lipinski definition) is 6. The molecule has 1 heterocycles. The summed E-state index contributed by atoms with van der Waals surface area (Å²) in [6.45, 7) is 2.04. The third-order valence-corrected chi connectivity index (χ3v) is 2.87. The maximum atomic E-state index is 11.6. The molecule has 0 radical (unpaired) electrons. The number of ether oxygens (including phenoxy) is 1. The summed E-state index contributed by atoms with van der Waals surface area (Å²) in [4.78, 5) is 30.5. The molecule has 0 atom stereocenters.